The van der Waals surface area contributed by atoms with Crippen LogP contribution in [0.25, 0.3) is 0 Å². The highest BCUT2D eigenvalue weighted by atomic mass is 32.2. The molecule has 22 valence electrons. The molecule has 2 saturated heterocycles. The Morgan fingerprint density at radius 3 is 1.75 bits per heavy atom. The molecule has 2 aliphatic heterocycles. The molecule has 0 aromatic rings. The minimum absolute atomic E-state index is 0.667. The smallest absolute Gasteiger partial charge is 0.143 e. The number of thioether (sulfide) groups is 1. The lowest BCUT2D eigenvalue weighted by Crippen LogP contribution is -1.51. The maximum absolute atomic E-state index is 4.77. The summed E-state index contributed by atoms with van der Waals surface area (Å²) >= 11 is 1.90. The zero-order chi connectivity index (χ0) is 2.57. The lowest BCUT2D eigenvalue weighted by molar-refractivity contribution is 0.425. The number of fused-ring (bicyclic) bond motifs is 1. The molecule has 4 heavy (non-hydrogen) atoms. The van der Waals surface area contributed by atoms with Crippen LogP contribution in [0.15, 0.2) is 0 Å². The van der Waals surface area contributed by atoms with Crippen molar-refractivity contribution in [1.82, 2.24) is 0 Å². The molecule has 0 saturated carbocycles. The van der Waals surface area contributed by atoms with E-state index in [4.69, 9.17) is 4.74 Å². The number of rotatable bonds is 0. The van der Waals surface area contributed by atoms with E-state index in [2.05, 4.69) is 0 Å². The van der Waals surface area contributed by atoms with Gasteiger partial charge in [-0.05, 0) is 0 Å². The highest BCUT2D eigenvalue weighted by Gasteiger charge is 2.58. The van der Waals surface area contributed by atoms with E-state index < -0.39 is 0 Å². The van der Waals surface area contributed by atoms with Gasteiger partial charge in [0, 0.05) is 0 Å². The Hall–Kier alpha value is 0.310. The van der Waals surface area contributed by atoms with Crippen LogP contribution in [0.1, 0.15) is 0 Å². The van der Waals surface area contributed by atoms with Crippen molar-refractivity contribution in [1.29, 1.82) is 0 Å². The van der Waals surface area contributed by atoms with Crippen molar-refractivity contribution < 1.29 is 4.74 Å². The van der Waals surface area contributed by atoms with E-state index in [1.54, 1.807) is 0 Å². The van der Waals surface area contributed by atoms with Gasteiger partial charge in [-0.1, -0.05) is 11.8 Å². The van der Waals surface area contributed by atoms with Gasteiger partial charge in [0.05, 0.1) is 0 Å². The molecular weight excluding hydrogens is 72.1 g/mol. The van der Waals surface area contributed by atoms with E-state index in [-0.39, 0.29) is 0 Å². The van der Waals surface area contributed by atoms with Crippen LogP contribution in [0.3, 0.4) is 0 Å². The molecule has 0 amide bonds. The third-order valence-electron chi connectivity index (χ3n) is 0.605. The lowest BCUT2D eigenvalue weighted by atomic mass is 11.0. The first kappa shape index (κ1) is 1.67. The molecule has 2 atom stereocenters. The molecule has 2 fully saturated rings. The Labute approximate surface area is 28.3 Å². The van der Waals surface area contributed by atoms with Gasteiger partial charge < -0.3 is 4.74 Å². The van der Waals surface area contributed by atoms with Crippen LogP contribution in [0.4, 0.5) is 0 Å². The average Bonchev–Trinajstić information content (AvgIpc) is 1.36. The first-order valence-corrected chi connectivity index (χ1v) is 2.22. The summed E-state index contributed by atoms with van der Waals surface area (Å²) in [6.45, 7) is 0. The summed E-state index contributed by atoms with van der Waals surface area (Å²) < 4.78 is 4.77. The highest BCUT2D eigenvalue weighted by Crippen LogP contribution is 2.58. The van der Waals surface area contributed by atoms with E-state index in [1.807, 2.05) is 11.8 Å². The largest absolute Gasteiger partial charge is 0.346 e. The summed E-state index contributed by atoms with van der Waals surface area (Å²) in [4.78, 5) is 0. The van der Waals surface area contributed by atoms with Crippen LogP contribution in [0.2, 0.25) is 0 Å². The van der Waals surface area contributed by atoms with E-state index in [1.165, 1.54) is 0 Å². The monoisotopic (exact) mass is 74.0 g/mol. The zero-order valence-electron chi connectivity index (χ0n) is 1.97. The first-order chi connectivity index (χ1) is 1.97. The highest BCUT2D eigenvalue weighted by molar-refractivity contribution is 8.08. The second-order valence-electron chi connectivity index (χ2n) is 1.01. The molecule has 2 rings (SSSR count). The maximum Gasteiger partial charge on any atom is 0.143 e. The van der Waals surface area contributed by atoms with Crippen LogP contribution in [0, 0.1) is 0 Å². The maximum atomic E-state index is 4.77. The number of ether oxygens (including phenoxy) is 1. The fourth-order valence-electron chi connectivity index (χ4n) is 0.184. The number of epoxide rings is 1. The molecule has 2 unspecified atom stereocenters. The van der Waals surface area contributed by atoms with Gasteiger partial charge in [0.2, 0.25) is 0 Å². The SMILES string of the molecule is O1C2SC12. The fraction of sp³-hybridized carbons (Fsp3) is 1.00. The molecule has 0 aromatic carbocycles. The second kappa shape index (κ2) is 0.256. The first-order valence-electron chi connectivity index (χ1n) is 1.28. The lowest BCUT2D eigenvalue weighted by Gasteiger charge is -1.66. The summed E-state index contributed by atoms with van der Waals surface area (Å²) in [6.07, 6.45) is 0. The van der Waals surface area contributed by atoms with Gasteiger partial charge in [-0.2, -0.15) is 0 Å². The summed E-state index contributed by atoms with van der Waals surface area (Å²) in [5.41, 5.74) is 1.33. The molecule has 0 radical (unpaired) electrons. The minimum Gasteiger partial charge on any atom is -0.346 e. The predicted molar refractivity (Wildman–Crippen MR) is 16.3 cm³/mol. The Morgan fingerprint density at radius 2 is 1.75 bits per heavy atom. The van der Waals surface area contributed by atoms with Crippen LogP contribution in [0.5, 0.6) is 0 Å². The molecule has 0 aliphatic carbocycles. The second-order valence-corrected chi connectivity index (χ2v) is 2.21. The van der Waals surface area contributed by atoms with Crippen molar-refractivity contribution in [3.8, 4) is 0 Å². The topological polar surface area (TPSA) is 12.5 Å². The molecule has 0 aromatic heterocycles. The van der Waals surface area contributed by atoms with Gasteiger partial charge in [0.15, 0.2) is 0 Å². The van der Waals surface area contributed by atoms with Crippen LogP contribution >= 0.6 is 11.8 Å². The molecule has 0 spiro atoms. The van der Waals surface area contributed by atoms with Crippen molar-refractivity contribution in [3.63, 3.8) is 0 Å². The van der Waals surface area contributed by atoms with Gasteiger partial charge in [0.1, 0.15) is 10.9 Å². The van der Waals surface area contributed by atoms with Crippen LogP contribution in [-0.4, -0.2) is 10.9 Å². The van der Waals surface area contributed by atoms with E-state index >= 15 is 0 Å². The summed E-state index contributed by atoms with van der Waals surface area (Å²) in [6, 6.07) is 0. The number of hydrogen-bond donors (Lipinski definition) is 0. The van der Waals surface area contributed by atoms with Crippen LogP contribution < -0.4 is 0 Å². The van der Waals surface area contributed by atoms with Crippen molar-refractivity contribution in [2.24, 2.45) is 0 Å². The van der Waals surface area contributed by atoms with Gasteiger partial charge in [-0.15, -0.1) is 0 Å². The van der Waals surface area contributed by atoms with Gasteiger partial charge >= 0.3 is 0 Å². The van der Waals surface area contributed by atoms with E-state index in [0.717, 1.165) is 0 Å². The van der Waals surface area contributed by atoms with Crippen LogP contribution in [-0.2, 0) is 4.74 Å². The molecule has 2 aliphatic rings. The third kappa shape index (κ3) is 0.0574. The van der Waals surface area contributed by atoms with Gasteiger partial charge in [0.25, 0.3) is 0 Å². The Balaban J connectivity index is 2.48. The van der Waals surface area contributed by atoms with Crippen molar-refractivity contribution in [2.75, 3.05) is 0 Å². The fourth-order valence-corrected chi connectivity index (χ4v) is 0.552. The van der Waals surface area contributed by atoms with E-state index in [9.17, 15) is 0 Å². The Morgan fingerprint density at radius 1 is 1.50 bits per heavy atom. The van der Waals surface area contributed by atoms with Crippen molar-refractivity contribution in [3.05, 3.63) is 0 Å². The van der Waals surface area contributed by atoms with E-state index in [0.29, 0.717) is 10.9 Å². The molecule has 0 N–H and O–H groups in total. The Bertz CT molecular complexity index is 42.0. The summed E-state index contributed by atoms with van der Waals surface area (Å²) in [5.74, 6) is 0. The van der Waals surface area contributed by atoms with Crippen molar-refractivity contribution >= 4 is 11.8 Å². The van der Waals surface area contributed by atoms with Gasteiger partial charge in [-0.25, -0.2) is 0 Å². The quantitative estimate of drug-likeness (QED) is 0.386. The molecule has 1 nitrogen and oxygen atoms in total. The summed E-state index contributed by atoms with van der Waals surface area (Å²) in [5, 5.41) is 0. The molecule has 2 heteroatoms. The third-order valence-corrected chi connectivity index (χ3v) is 1.54. The molecular formula is C2H2OS. The molecule has 0 bridgehead atoms. The Kier molecular flexibility index (Phi) is 0.107. The standard InChI is InChI=1S/C2H2OS/c3-1-2(3)4-1/h1-2H. The summed E-state index contributed by atoms with van der Waals surface area (Å²) in [7, 11) is 0. The van der Waals surface area contributed by atoms with Crippen molar-refractivity contribution in [2.45, 2.75) is 10.9 Å². The predicted octanol–water partition coefficient (Wildman–Crippen LogP) is 0.416. The number of hydrogen-bond acceptors (Lipinski definition) is 2. The normalized spacial score (nSPS) is 66.0. The van der Waals surface area contributed by atoms with Gasteiger partial charge in [-0.3, -0.25) is 0 Å². The average molecular weight is 74.1 g/mol. The molecule has 2 heterocycles. The minimum atomic E-state index is 0.667. The zero-order valence-corrected chi connectivity index (χ0v) is 2.79.